The number of nitrogens with zero attached hydrogens (tertiary/aromatic N) is 2. The lowest BCUT2D eigenvalue weighted by Crippen LogP contribution is -2.24. The summed E-state index contributed by atoms with van der Waals surface area (Å²) in [5, 5.41) is 13.2. The highest BCUT2D eigenvalue weighted by molar-refractivity contribution is 5.99. The predicted molar refractivity (Wildman–Crippen MR) is 67.3 cm³/mol. The first-order valence-corrected chi connectivity index (χ1v) is 5.38. The number of non-ortho nitro benzene ring substituents is 1. The number of nitrogen functional groups attached to an aromatic ring is 1. The van der Waals surface area contributed by atoms with Gasteiger partial charge in [-0.15, -0.1) is 0 Å². The highest BCUT2D eigenvalue weighted by Gasteiger charge is 2.15. The van der Waals surface area contributed by atoms with E-state index in [1.807, 2.05) is 0 Å². The number of carbonyl (C=O) groups excluding carboxylic acids is 1. The van der Waals surface area contributed by atoms with Gasteiger partial charge in [-0.3, -0.25) is 14.9 Å². The zero-order valence-electron chi connectivity index (χ0n) is 9.79. The SMILES string of the molecule is Nc1ccc([N+](=O)[O-])cc1C(=O)NCc1ncc[nH]1. The summed E-state index contributed by atoms with van der Waals surface area (Å²) in [7, 11) is 0. The molecule has 0 aliphatic rings. The fourth-order valence-electron chi connectivity index (χ4n) is 1.51. The molecule has 8 heteroatoms. The number of aromatic nitrogens is 2. The largest absolute Gasteiger partial charge is 0.398 e. The van der Waals surface area contributed by atoms with E-state index in [0.29, 0.717) is 5.82 Å². The van der Waals surface area contributed by atoms with Crippen molar-refractivity contribution in [1.29, 1.82) is 0 Å². The van der Waals surface area contributed by atoms with Crippen LogP contribution in [0.2, 0.25) is 0 Å². The topological polar surface area (TPSA) is 127 Å². The molecule has 2 aromatic rings. The molecule has 4 N–H and O–H groups in total. The first kappa shape index (κ1) is 12.6. The fourth-order valence-corrected chi connectivity index (χ4v) is 1.51. The standard InChI is InChI=1S/C11H11N5O3/c12-9-2-1-7(16(18)19)5-8(9)11(17)15-6-10-13-3-4-14-10/h1-5H,6,12H2,(H,13,14)(H,15,17). The van der Waals surface area contributed by atoms with Crippen LogP contribution in [0.25, 0.3) is 0 Å². The van der Waals surface area contributed by atoms with E-state index in [1.54, 1.807) is 12.4 Å². The number of nitrogens with one attached hydrogen (secondary N) is 2. The second-order valence-electron chi connectivity index (χ2n) is 3.75. The molecule has 19 heavy (non-hydrogen) atoms. The maximum atomic E-state index is 11.9. The Morgan fingerprint density at radius 2 is 2.32 bits per heavy atom. The van der Waals surface area contributed by atoms with Gasteiger partial charge in [0, 0.05) is 30.2 Å². The van der Waals surface area contributed by atoms with Crippen LogP contribution in [-0.4, -0.2) is 20.8 Å². The van der Waals surface area contributed by atoms with Crippen molar-refractivity contribution in [2.75, 3.05) is 5.73 Å². The number of rotatable bonds is 4. The molecule has 0 unspecified atom stereocenters. The van der Waals surface area contributed by atoms with Crippen LogP contribution in [0.4, 0.5) is 11.4 Å². The molecule has 1 amide bonds. The van der Waals surface area contributed by atoms with E-state index in [-0.39, 0.29) is 23.5 Å². The number of hydrogen-bond donors (Lipinski definition) is 3. The molecular formula is C11H11N5O3. The quantitative estimate of drug-likeness (QED) is 0.426. The molecule has 0 spiro atoms. The van der Waals surface area contributed by atoms with Crippen molar-refractivity contribution in [1.82, 2.24) is 15.3 Å². The number of nitro groups is 1. The number of anilines is 1. The Labute approximate surface area is 107 Å². The molecule has 1 aromatic carbocycles. The van der Waals surface area contributed by atoms with Crippen LogP contribution in [0, 0.1) is 10.1 Å². The van der Waals surface area contributed by atoms with Gasteiger partial charge in [-0.25, -0.2) is 4.98 Å². The lowest BCUT2D eigenvalue weighted by atomic mass is 10.1. The first-order chi connectivity index (χ1) is 9.08. The van der Waals surface area contributed by atoms with Crippen LogP contribution in [0.15, 0.2) is 30.6 Å². The van der Waals surface area contributed by atoms with Gasteiger partial charge in [-0.05, 0) is 6.07 Å². The number of imidazole rings is 1. The van der Waals surface area contributed by atoms with Gasteiger partial charge in [-0.2, -0.15) is 0 Å². The van der Waals surface area contributed by atoms with Crippen molar-refractivity contribution in [2.45, 2.75) is 6.54 Å². The second kappa shape index (κ2) is 5.17. The number of aromatic amines is 1. The average Bonchev–Trinajstić information content (AvgIpc) is 2.89. The Kier molecular flexibility index (Phi) is 3.42. The zero-order valence-corrected chi connectivity index (χ0v) is 9.79. The lowest BCUT2D eigenvalue weighted by Gasteiger charge is -2.06. The third kappa shape index (κ3) is 2.86. The summed E-state index contributed by atoms with van der Waals surface area (Å²) in [5.74, 6) is 0.0925. The van der Waals surface area contributed by atoms with Crippen LogP contribution >= 0.6 is 0 Å². The fraction of sp³-hybridized carbons (Fsp3) is 0.0909. The van der Waals surface area contributed by atoms with Crippen LogP contribution in [0.3, 0.4) is 0 Å². The molecule has 0 bridgehead atoms. The summed E-state index contributed by atoms with van der Waals surface area (Å²) >= 11 is 0. The summed E-state index contributed by atoms with van der Waals surface area (Å²) in [6.45, 7) is 0.188. The van der Waals surface area contributed by atoms with E-state index in [1.165, 1.54) is 12.1 Å². The molecule has 98 valence electrons. The van der Waals surface area contributed by atoms with Crippen molar-refractivity contribution in [2.24, 2.45) is 0 Å². The molecule has 0 aliphatic heterocycles. The molecular weight excluding hydrogens is 250 g/mol. The smallest absolute Gasteiger partial charge is 0.270 e. The zero-order chi connectivity index (χ0) is 13.8. The van der Waals surface area contributed by atoms with Crippen molar-refractivity contribution in [3.05, 3.63) is 52.1 Å². The number of benzene rings is 1. The predicted octanol–water partition coefficient (Wildman–Crippen LogP) is 0.830. The Balaban J connectivity index is 2.14. The first-order valence-electron chi connectivity index (χ1n) is 5.38. The highest BCUT2D eigenvalue weighted by Crippen LogP contribution is 2.19. The van der Waals surface area contributed by atoms with Gasteiger partial charge in [0.05, 0.1) is 17.0 Å². The van der Waals surface area contributed by atoms with Gasteiger partial charge in [0.2, 0.25) is 0 Å². The van der Waals surface area contributed by atoms with Crippen LogP contribution in [-0.2, 0) is 6.54 Å². The van der Waals surface area contributed by atoms with Gasteiger partial charge in [0.15, 0.2) is 0 Å². The van der Waals surface area contributed by atoms with E-state index < -0.39 is 10.8 Å². The molecule has 0 radical (unpaired) electrons. The molecule has 2 rings (SSSR count). The van der Waals surface area contributed by atoms with E-state index >= 15 is 0 Å². The van der Waals surface area contributed by atoms with Crippen molar-refractivity contribution in [3.63, 3.8) is 0 Å². The number of nitro benzene ring substituents is 1. The third-order valence-electron chi connectivity index (χ3n) is 2.46. The number of nitrogens with two attached hydrogens (primary N) is 1. The number of carbonyl (C=O) groups is 1. The molecule has 0 aliphatic carbocycles. The van der Waals surface area contributed by atoms with Crippen LogP contribution in [0.5, 0.6) is 0 Å². The molecule has 0 saturated heterocycles. The summed E-state index contributed by atoms with van der Waals surface area (Å²) in [6, 6.07) is 3.73. The molecule has 8 nitrogen and oxygen atoms in total. The molecule has 0 fully saturated rings. The van der Waals surface area contributed by atoms with Crippen LogP contribution < -0.4 is 11.1 Å². The lowest BCUT2D eigenvalue weighted by molar-refractivity contribution is -0.384. The monoisotopic (exact) mass is 261 g/mol. The number of amides is 1. The highest BCUT2D eigenvalue weighted by atomic mass is 16.6. The third-order valence-corrected chi connectivity index (χ3v) is 2.46. The molecule has 1 aromatic heterocycles. The minimum absolute atomic E-state index is 0.0701. The molecule has 1 heterocycles. The molecule has 0 saturated carbocycles. The van der Waals surface area contributed by atoms with Gasteiger partial charge >= 0.3 is 0 Å². The second-order valence-corrected chi connectivity index (χ2v) is 3.75. The van der Waals surface area contributed by atoms with E-state index in [4.69, 9.17) is 5.73 Å². The maximum absolute atomic E-state index is 11.9. The summed E-state index contributed by atoms with van der Waals surface area (Å²) < 4.78 is 0. The van der Waals surface area contributed by atoms with Crippen molar-refractivity contribution in [3.8, 4) is 0 Å². The summed E-state index contributed by atoms with van der Waals surface area (Å²) in [5.41, 5.74) is 5.70. The Bertz CT molecular complexity index is 609. The van der Waals surface area contributed by atoms with Crippen molar-refractivity contribution < 1.29 is 9.72 Å². The minimum atomic E-state index is -0.581. The number of H-pyrrole nitrogens is 1. The summed E-state index contributed by atoms with van der Waals surface area (Å²) in [4.78, 5) is 28.7. The molecule has 0 atom stereocenters. The van der Waals surface area contributed by atoms with E-state index in [0.717, 1.165) is 6.07 Å². The number of hydrogen-bond acceptors (Lipinski definition) is 5. The van der Waals surface area contributed by atoms with Gasteiger partial charge in [0.1, 0.15) is 5.82 Å². The van der Waals surface area contributed by atoms with E-state index in [2.05, 4.69) is 15.3 Å². The van der Waals surface area contributed by atoms with E-state index in [9.17, 15) is 14.9 Å². The Hall–Kier alpha value is -2.90. The summed E-state index contributed by atoms with van der Waals surface area (Å²) in [6.07, 6.45) is 3.19. The Morgan fingerprint density at radius 1 is 1.53 bits per heavy atom. The van der Waals surface area contributed by atoms with Gasteiger partial charge in [-0.1, -0.05) is 0 Å². The maximum Gasteiger partial charge on any atom is 0.270 e. The minimum Gasteiger partial charge on any atom is -0.398 e. The van der Waals surface area contributed by atoms with Crippen molar-refractivity contribution >= 4 is 17.3 Å². The van der Waals surface area contributed by atoms with Gasteiger partial charge in [0.25, 0.3) is 11.6 Å². The van der Waals surface area contributed by atoms with Gasteiger partial charge < -0.3 is 16.0 Å². The van der Waals surface area contributed by atoms with Crippen LogP contribution in [0.1, 0.15) is 16.2 Å². The average molecular weight is 261 g/mol. The Morgan fingerprint density at radius 3 is 2.95 bits per heavy atom. The normalized spacial score (nSPS) is 10.1.